The lowest BCUT2D eigenvalue weighted by Crippen LogP contribution is -2.14. The van der Waals surface area contributed by atoms with E-state index in [0.29, 0.717) is 39.0 Å². The lowest BCUT2D eigenvalue weighted by atomic mass is 10.1. The van der Waals surface area contributed by atoms with Crippen molar-refractivity contribution >= 4 is 34.7 Å². The van der Waals surface area contributed by atoms with E-state index in [1.807, 2.05) is 25.1 Å². The Morgan fingerprint density at radius 3 is 2.73 bits per heavy atom. The number of hydrogen-bond acceptors (Lipinski definition) is 6. The van der Waals surface area contributed by atoms with E-state index in [4.69, 9.17) is 4.74 Å². The fourth-order valence-corrected chi connectivity index (χ4v) is 3.19. The van der Waals surface area contributed by atoms with Crippen LogP contribution in [0.25, 0.3) is 0 Å². The number of carbonyl (C=O) groups excluding carboxylic acids is 2. The van der Waals surface area contributed by atoms with Crippen molar-refractivity contribution in [2.75, 3.05) is 10.6 Å². The number of nitrogens with one attached hydrogen (secondary N) is 2. The van der Waals surface area contributed by atoms with Crippen molar-refractivity contribution in [2.24, 2.45) is 0 Å². The molecule has 0 aliphatic carbocycles. The molecule has 0 unspecified atom stereocenters. The molecule has 130 valence electrons. The van der Waals surface area contributed by atoms with Crippen LogP contribution >= 0.6 is 11.5 Å². The molecule has 1 aliphatic rings. The maximum atomic E-state index is 12.6. The van der Waals surface area contributed by atoms with E-state index in [2.05, 4.69) is 20.2 Å². The van der Waals surface area contributed by atoms with Crippen LogP contribution in [0, 0.1) is 13.8 Å². The predicted octanol–water partition coefficient (Wildman–Crippen LogP) is 3.77. The molecule has 0 fully saturated rings. The van der Waals surface area contributed by atoms with Gasteiger partial charge < -0.3 is 15.4 Å². The topological polar surface area (TPSA) is 93.2 Å². The minimum atomic E-state index is -0.314. The number of ether oxygens (including phenoxy) is 1. The number of fused-ring (bicyclic) bond motifs is 2. The average molecular weight is 366 g/mol. The zero-order valence-corrected chi connectivity index (χ0v) is 14.8. The first-order valence-electron chi connectivity index (χ1n) is 7.85. The van der Waals surface area contributed by atoms with Gasteiger partial charge in [-0.25, -0.2) is 0 Å². The lowest BCUT2D eigenvalue weighted by Gasteiger charge is -2.09. The van der Waals surface area contributed by atoms with Gasteiger partial charge in [-0.3, -0.25) is 9.59 Å². The second kappa shape index (κ2) is 6.23. The molecule has 1 aliphatic heterocycles. The SMILES string of the molecule is Cc1ccc2c(c1)NC(=O)c1cc(NC(=O)c3snnc3C)ccc1O2. The number of hydrogen-bond donors (Lipinski definition) is 2. The predicted molar refractivity (Wildman–Crippen MR) is 98.2 cm³/mol. The van der Waals surface area contributed by atoms with Crippen LogP contribution in [0.15, 0.2) is 36.4 Å². The van der Waals surface area contributed by atoms with Crippen LogP contribution in [-0.4, -0.2) is 21.4 Å². The Morgan fingerprint density at radius 2 is 1.96 bits per heavy atom. The zero-order chi connectivity index (χ0) is 18.3. The number of aryl methyl sites for hydroxylation is 2. The monoisotopic (exact) mass is 366 g/mol. The van der Waals surface area contributed by atoms with Crippen molar-refractivity contribution in [1.29, 1.82) is 0 Å². The standard InChI is InChI=1S/C18H14N4O3S/c1-9-3-5-15-13(7-9)20-17(23)12-8-11(4-6-14(12)25-15)19-18(24)16-10(2)21-22-26-16/h3-8H,1-2H3,(H,19,24)(H,20,23). The Bertz CT molecular complexity index is 1040. The van der Waals surface area contributed by atoms with Gasteiger partial charge in [-0.1, -0.05) is 10.6 Å². The summed E-state index contributed by atoms with van der Waals surface area (Å²) in [6, 6.07) is 10.5. The molecule has 7 nitrogen and oxygen atoms in total. The van der Waals surface area contributed by atoms with Gasteiger partial charge in [0.15, 0.2) is 5.75 Å². The van der Waals surface area contributed by atoms with Crippen LogP contribution in [0.5, 0.6) is 11.5 Å². The smallest absolute Gasteiger partial charge is 0.269 e. The Balaban J connectivity index is 1.64. The van der Waals surface area contributed by atoms with E-state index >= 15 is 0 Å². The highest BCUT2D eigenvalue weighted by atomic mass is 32.1. The summed E-state index contributed by atoms with van der Waals surface area (Å²) in [5, 5.41) is 9.43. The third-order valence-electron chi connectivity index (χ3n) is 3.94. The second-order valence-corrected chi connectivity index (χ2v) is 6.66. The first-order chi connectivity index (χ1) is 12.5. The summed E-state index contributed by atoms with van der Waals surface area (Å²) in [4.78, 5) is 25.3. The number of rotatable bonds is 2. The molecule has 1 aromatic heterocycles. The lowest BCUT2D eigenvalue weighted by molar-refractivity contribution is 0.101. The van der Waals surface area contributed by atoms with Crippen molar-refractivity contribution in [3.8, 4) is 11.5 Å². The van der Waals surface area contributed by atoms with E-state index in [1.165, 1.54) is 0 Å². The number of amides is 2. The number of nitrogens with zero attached hydrogens (tertiary/aromatic N) is 2. The van der Waals surface area contributed by atoms with Crippen molar-refractivity contribution in [3.05, 3.63) is 58.1 Å². The van der Waals surface area contributed by atoms with Crippen LogP contribution in [0.2, 0.25) is 0 Å². The molecule has 3 aromatic rings. The Labute approximate surface area is 153 Å². The normalized spacial score (nSPS) is 12.3. The summed E-state index contributed by atoms with van der Waals surface area (Å²) in [5.41, 5.74) is 3.02. The fourth-order valence-electron chi connectivity index (χ4n) is 2.64. The molecule has 0 saturated heterocycles. The number of benzene rings is 2. The van der Waals surface area contributed by atoms with Gasteiger partial charge in [0.2, 0.25) is 0 Å². The summed E-state index contributed by atoms with van der Waals surface area (Å²) in [6.07, 6.45) is 0. The molecule has 2 amide bonds. The third kappa shape index (κ3) is 2.91. The van der Waals surface area contributed by atoms with Gasteiger partial charge in [0.05, 0.1) is 16.9 Å². The highest BCUT2D eigenvalue weighted by Crippen LogP contribution is 2.37. The molecule has 26 heavy (non-hydrogen) atoms. The molecule has 4 rings (SSSR count). The second-order valence-electron chi connectivity index (χ2n) is 5.91. The van der Waals surface area contributed by atoms with Gasteiger partial charge in [-0.15, -0.1) is 5.10 Å². The van der Waals surface area contributed by atoms with Crippen LogP contribution < -0.4 is 15.4 Å². The molecule has 0 radical (unpaired) electrons. The van der Waals surface area contributed by atoms with Crippen LogP contribution in [0.1, 0.15) is 31.3 Å². The van der Waals surface area contributed by atoms with Gasteiger partial charge in [0.1, 0.15) is 10.6 Å². The molecule has 8 heteroatoms. The minimum absolute atomic E-state index is 0.295. The summed E-state index contributed by atoms with van der Waals surface area (Å²) in [6.45, 7) is 3.66. The van der Waals surface area contributed by atoms with Gasteiger partial charge in [0, 0.05) is 5.69 Å². The highest BCUT2D eigenvalue weighted by Gasteiger charge is 2.22. The van der Waals surface area contributed by atoms with E-state index in [9.17, 15) is 9.59 Å². The van der Waals surface area contributed by atoms with Crippen molar-refractivity contribution < 1.29 is 14.3 Å². The molecule has 2 aromatic carbocycles. The molecule has 2 heterocycles. The van der Waals surface area contributed by atoms with Gasteiger partial charge >= 0.3 is 0 Å². The Morgan fingerprint density at radius 1 is 1.15 bits per heavy atom. The molecular weight excluding hydrogens is 352 g/mol. The van der Waals surface area contributed by atoms with Crippen LogP contribution in [0.3, 0.4) is 0 Å². The average Bonchev–Trinajstić information content (AvgIpc) is 2.98. The molecular formula is C18H14N4O3S. The first kappa shape index (κ1) is 16.2. The van der Waals surface area contributed by atoms with Crippen LogP contribution in [0.4, 0.5) is 11.4 Å². The minimum Gasteiger partial charge on any atom is -0.454 e. The maximum absolute atomic E-state index is 12.6. The summed E-state index contributed by atoms with van der Waals surface area (Å²) < 4.78 is 9.62. The Hall–Kier alpha value is -3.26. The van der Waals surface area contributed by atoms with Gasteiger partial charge in [-0.2, -0.15) is 0 Å². The summed E-state index contributed by atoms with van der Waals surface area (Å²) in [7, 11) is 0. The largest absolute Gasteiger partial charge is 0.454 e. The van der Waals surface area contributed by atoms with Crippen molar-refractivity contribution in [2.45, 2.75) is 13.8 Å². The van der Waals surface area contributed by atoms with E-state index in [1.54, 1.807) is 25.1 Å². The van der Waals surface area contributed by atoms with Crippen molar-refractivity contribution in [3.63, 3.8) is 0 Å². The zero-order valence-electron chi connectivity index (χ0n) is 14.0. The molecule has 0 bridgehead atoms. The highest BCUT2D eigenvalue weighted by molar-refractivity contribution is 7.08. The summed E-state index contributed by atoms with van der Waals surface area (Å²) in [5.74, 6) is 0.395. The quantitative estimate of drug-likeness (QED) is 0.720. The molecule has 0 spiro atoms. The van der Waals surface area contributed by atoms with E-state index in [0.717, 1.165) is 17.1 Å². The van der Waals surface area contributed by atoms with Crippen LogP contribution in [-0.2, 0) is 0 Å². The maximum Gasteiger partial charge on any atom is 0.269 e. The van der Waals surface area contributed by atoms with Crippen molar-refractivity contribution in [1.82, 2.24) is 9.59 Å². The van der Waals surface area contributed by atoms with Gasteiger partial charge in [-0.05, 0) is 61.3 Å². The Kier molecular flexibility index (Phi) is 3.89. The molecule has 2 N–H and O–H groups in total. The van der Waals surface area contributed by atoms with E-state index in [-0.39, 0.29) is 11.8 Å². The summed E-state index contributed by atoms with van der Waals surface area (Å²) >= 11 is 1.03. The molecule has 0 atom stereocenters. The number of aromatic nitrogens is 2. The number of anilines is 2. The third-order valence-corrected chi connectivity index (χ3v) is 4.77. The fraction of sp³-hybridized carbons (Fsp3) is 0.111. The van der Waals surface area contributed by atoms with Gasteiger partial charge in [0.25, 0.3) is 11.8 Å². The first-order valence-corrected chi connectivity index (χ1v) is 8.63. The number of carbonyl (C=O) groups is 2. The molecule has 0 saturated carbocycles. The van der Waals surface area contributed by atoms with E-state index < -0.39 is 0 Å².